The number of hydrogen-bond donors (Lipinski definition) is 1. The maximum Gasteiger partial charge on any atom is 0.223 e. The maximum absolute atomic E-state index is 4.73. The summed E-state index contributed by atoms with van der Waals surface area (Å²) in [6.45, 7) is 2.10. The first-order valence-electron chi connectivity index (χ1n) is 7.26. The number of aromatic nitrogens is 4. The van der Waals surface area contributed by atoms with E-state index in [2.05, 4.69) is 39.3 Å². The zero-order valence-electron chi connectivity index (χ0n) is 12.2. The molecule has 1 saturated carbocycles. The lowest BCUT2D eigenvalue weighted by Gasteiger charge is -2.09. The van der Waals surface area contributed by atoms with Crippen molar-refractivity contribution in [3.8, 4) is 21.8 Å². The van der Waals surface area contributed by atoms with Crippen molar-refractivity contribution in [1.29, 1.82) is 0 Å². The van der Waals surface area contributed by atoms with Crippen LogP contribution in [0.2, 0.25) is 0 Å². The highest BCUT2D eigenvalue weighted by molar-refractivity contribution is 7.15. The molecule has 6 heteroatoms. The third-order valence-corrected chi connectivity index (χ3v) is 4.52. The lowest BCUT2D eigenvalue weighted by atomic mass is 10.1. The predicted molar refractivity (Wildman–Crippen MR) is 87.8 cm³/mol. The van der Waals surface area contributed by atoms with Gasteiger partial charge in [0.25, 0.3) is 0 Å². The van der Waals surface area contributed by atoms with Gasteiger partial charge in [-0.15, -0.1) is 11.3 Å². The fourth-order valence-electron chi connectivity index (χ4n) is 2.24. The van der Waals surface area contributed by atoms with E-state index in [1.807, 2.05) is 6.20 Å². The van der Waals surface area contributed by atoms with Crippen molar-refractivity contribution in [1.82, 2.24) is 19.9 Å². The average Bonchev–Trinajstić information content (AvgIpc) is 3.26. The van der Waals surface area contributed by atoms with Gasteiger partial charge in [0.05, 0.1) is 22.5 Å². The van der Waals surface area contributed by atoms with E-state index in [1.54, 1.807) is 29.9 Å². The van der Waals surface area contributed by atoms with Crippen LogP contribution in [0.25, 0.3) is 21.8 Å². The van der Waals surface area contributed by atoms with Crippen LogP contribution in [0.3, 0.4) is 0 Å². The summed E-state index contributed by atoms with van der Waals surface area (Å²) in [7, 11) is 0. The van der Waals surface area contributed by atoms with Crippen LogP contribution in [-0.2, 0) is 0 Å². The minimum atomic E-state index is 0.528. The molecule has 4 rings (SSSR count). The molecule has 110 valence electrons. The van der Waals surface area contributed by atoms with Gasteiger partial charge in [0.15, 0.2) is 0 Å². The number of rotatable bonds is 4. The molecule has 1 fully saturated rings. The zero-order chi connectivity index (χ0) is 14.9. The topological polar surface area (TPSA) is 63.6 Å². The Labute approximate surface area is 132 Å². The Kier molecular flexibility index (Phi) is 3.31. The van der Waals surface area contributed by atoms with Crippen LogP contribution in [0.4, 0.5) is 5.95 Å². The molecule has 5 nitrogen and oxygen atoms in total. The largest absolute Gasteiger partial charge is 0.351 e. The van der Waals surface area contributed by atoms with Gasteiger partial charge in [0.1, 0.15) is 0 Å². The van der Waals surface area contributed by atoms with E-state index in [1.165, 1.54) is 17.7 Å². The molecule has 0 spiro atoms. The van der Waals surface area contributed by atoms with Crippen molar-refractivity contribution in [3.63, 3.8) is 0 Å². The number of thiophene rings is 1. The smallest absolute Gasteiger partial charge is 0.223 e. The van der Waals surface area contributed by atoms with Gasteiger partial charge >= 0.3 is 0 Å². The van der Waals surface area contributed by atoms with Crippen LogP contribution < -0.4 is 5.32 Å². The lowest BCUT2D eigenvalue weighted by Crippen LogP contribution is -2.06. The molecule has 0 amide bonds. The van der Waals surface area contributed by atoms with Crippen LogP contribution in [-0.4, -0.2) is 26.0 Å². The van der Waals surface area contributed by atoms with Gasteiger partial charge in [0, 0.05) is 35.1 Å². The van der Waals surface area contributed by atoms with Gasteiger partial charge < -0.3 is 5.32 Å². The van der Waals surface area contributed by atoms with Crippen molar-refractivity contribution < 1.29 is 0 Å². The summed E-state index contributed by atoms with van der Waals surface area (Å²) < 4.78 is 0. The predicted octanol–water partition coefficient (Wildman–Crippen LogP) is 3.54. The van der Waals surface area contributed by atoms with E-state index in [0.29, 0.717) is 12.0 Å². The minimum Gasteiger partial charge on any atom is -0.351 e. The van der Waals surface area contributed by atoms with E-state index in [0.717, 1.165) is 21.8 Å². The highest BCUT2D eigenvalue weighted by Crippen LogP contribution is 2.34. The normalized spacial score (nSPS) is 14.0. The van der Waals surface area contributed by atoms with Crippen molar-refractivity contribution in [2.24, 2.45) is 0 Å². The summed E-state index contributed by atoms with van der Waals surface area (Å²) in [6.07, 6.45) is 9.34. The van der Waals surface area contributed by atoms with Gasteiger partial charge in [-0.3, -0.25) is 9.97 Å². The lowest BCUT2D eigenvalue weighted by molar-refractivity contribution is 1.05. The molecule has 1 N–H and O–H groups in total. The number of hydrogen-bond acceptors (Lipinski definition) is 6. The summed E-state index contributed by atoms with van der Waals surface area (Å²) in [5.41, 5.74) is 2.62. The van der Waals surface area contributed by atoms with Crippen LogP contribution in [0.1, 0.15) is 17.7 Å². The fourth-order valence-corrected chi connectivity index (χ4v) is 3.11. The molecule has 3 heterocycles. The van der Waals surface area contributed by atoms with Crippen molar-refractivity contribution >= 4 is 17.3 Å². The minimum absolute atomic E-state index is 0.528. The monoisotopic (exact) mass is 309 g/mol. The number of anilines is 1. The molecule has 0 radical (unpaired) electrons. The molecule has 1 aliphatic rings. The Balaban J connectivity index is 1.82. The molecule has 1 aliphatic carbocycles. The van der Waals surface area contributed by atoms with Crippen LogP contribution >= 0.6 is 11.3 Å². The summed E-state index contributed by atoms with van der Waals surface area (Å²) in [5.74, 6) is 0.691. The maximum atomic E-state index is 4.73. The third-order valence-electron chi connectivity index (χ3n) is 3.51. The summed E-state index contributed by atoms with van der Waals surface area (Å²) in [5, 5.41) is 3.36. The molecular formula is C16H15N5S. The van der Waals surface area contributed by atoms with Gasteiger partial charge in [0.2, 0.25) is 5.95 Å². The van der Waals surface area contributed by atoms with Gasteiger partial charge in [-0.25, -0.2) is 9.97 Å². The molecular weight excluding hydrogens is 294 g/mol. The van der Waals surface area contributed by atoms with E-state index < -0.39 is 0 Å². The Morgan fingerprint density at radius 1 is 1.14 bits per heavy atom. The Morgan fingerprint density at radius 2 is 2.05 bits per heavy atom. The second-order valence-corrected chi connectivity index (χ2v) is 6.66. The van der Waals surface area contributed by atoms with Gasteiger partial charge in [-0.05, 0) is 31.9 Å². The number of nitrogens with one attached hydrogen (secondary N) is 1. The second-order valence-electron chi connectivity index (χ2n) is 5.38. The molecule has 3 aromatic rings. The highest BCUT2D eigenvalue weighted by atomic mass is 32.1. The molecule has 0 saturated heterocycles. The average molecular weight is 309 g/mol. The van der Waals surface area contributed by atoms with Crippen LogP contribution in [0.15, 0.2) is 36.9 Å². The molecule has 0 atom stereocenters. The molecule has 0 aliphatic heterocycles. The SMILES string of the molecule is Cc1ccc(-c2nc(NC3CC3)ncc2-c2cnccn2)s1. The Morgan fingerprint density at radius 3 is 2.73 bits per heavy atom. The molecule has 0 unspecified atom stereocenters. The summed E-state index contributed by atoms with van der Waals surface area (Å²) >= 11 is 1.73. The number of aryl methyl sites for hydroxylation is 1. The Bertz CT molecular complexity index is 795. The molecule has 22 heavy (non-hydrogen) atoms. The molecule has 3 aromatic heterocycles. The van der Waals surface area contributed by atoms with Crippen molar-refractivity contribution in [2.75, 3.05) is 5.32 Å². The standard InChI is InChI=1S/C16H15N5S/c1-10-2-5-14(22-10)15-12(13-9-17-6-7-18-13)8-19-16(21-15)20-11-3-4-11/h2,5-9,11H,3-4H2,1H3,(H,19,20,21). The summed E-state index contributed by atoms with van der Waals surface area (Å²) in [4.78, 5) is 20.1. The molecule has 0 bridgehead atoms. The fraction of sp³-hybridized carbons (Fsp3) is 0.250. The van der Waals surface area contributed by atoms with E-state index in [-0.39, 0.29) is 0 Å². The summed E-state index contributed by atoms with van der Waals surface area (Å²) in [6, 6.07) is 4.74. The van der Waals surface area contributed by atoms with Crippen molar-refractivity contribution in [2.45, 2.75) is 25.8 Å². The third kappa shape index (κ3) is 2.69. The van der Waals surface area contributed by atoms with Gasteiger partial charge in [-0.1, -0.05) is 0 Å². The van der Waals surface area contributed by atoms with Crippen LogP contribution in [0, 0.1) is 6.92 Å². The van der Waals surface area contributed by atoms with Crippen molar-refractivity contribution in [3.05, 3.63) is 41.8 Å². The first-order chi connectivity index (χ1) is 10.8. The Hall–Kier alpha value is -2.34. The van der Waals surface area contributed by atoms with Crippen LogP contribution in [0.5, 0.6) is 0 Å². The second kappa shape index (κ2) is 5.46. The van der Waals surface area contributed by atoms with Gasteiger partial charge in [-0.2, -0.15) is 0 Å². The quantitative estimate of drug-likeness (QED) is 0.798. The first-order valence-corrected chi connectivity index (χ1v) is 8.08. The molecule has 0 aromatic carbocycles. The van der Waals surface area contributed by atoms with E-state index in [4.69, 9.17) is 4.98 Å². The first kappa shape index (κ1) is 13.3. The zero-order valence-corrected chi connectivity index (χ0v) is 13.0. The number of nitrogens with zero attached hydrogens (tertiary/aromatic N) is 4. The van der Waals surface area contributed by atoms with E-state index in [9.17, 15) is 0 Å². The van der Waals surface area contributed by atoms with E-state index >= 15 is 0 Å². The highest BCUT2D eigenvalue weighted by Gasteiger charge is 2.23.